The molecular weight excluding hydrogens is 331 g/mol. The van der Waals surface area contributed by atoms with Crippen LogP contribution in [0.2, 0.25) is 10.0 Å². The van der Waals surface area contributed by atoms with Crippen molar-refractivity contribution in [2.45, 2.75) is 39.7 Å². The first-order valence-electron chi connectivity index (χ1n) is 8.40. The van der Waals surface area contributed by atoms with Crippen LogP contribution in [-0.4, -0.2) is 30.4 Å². The van der Waals surface area contributed by atoms with E-state index in [1.807, 2.05) is 17.0 Å². The summed E-state index contributed by atoms with van der Waals surface area (Å²) >= 11 is 12.1. The fraction of sp³-hybridized carbons (Fsp3) is 0.611. The Morgan fingerprint density at radius 2 is 1.96 bits per heavy atom. The van der Waals surface area contributed by atoms with E-state index in [0.717, 1.165) is 44.5 Å². The number of hydrogen-bond acceptors (Lipinski definition) is 2. The molecule has 5 heteroatoms. The molecule has 1 aromatic carbocycles. The number of halogens is 2. The Morgan fingerprint density at radius 3 is 2.57 bits per heavy atom. The first-order chi connectivity index (χ1) is 11.0. The van der Waals surface area contributed by atoms with Crippen molar-refractivity contribution in [1.29, 1.82) is 0 Å². The molecule has 0 aromatic heterocycles. The second kappa shape index (κ2) is 8.91. The van der Waals surface area contributed by atoms with Crippen LogP contribution < -0.4 is 5.32 Å². The zero-order valence-corrected chi connectivity index (χ0v) is 15.5. The summed E-state index contributed by atoms with van der Waals surface area (Å²) in [7, 11) is 0. The minimum absolute atomic E-state index is 0.145. The van der Waals surface area contributed by atoms with Crippen LogP contribution in [0.4, 0.5) is 0 Å². The molecule has 0 atom stereocenters. The minimum atomic E-state index is 0.145. The fourth-order valence-electron chi connectivity index (χ4n) is 2.87. The number of benzene rings is 1. The predicted octanol–water partition coefficient (Wildman–Crippen LogP) is 4.37. The van der Waals surface area contributed by atoms with Gasteiger partial charge < -0.3 is 10.2 Å². The Balaban J connectivity index is 2.08. The third-order valence-corrected chi connectivity index (χ3v) is 5.07. The smallest absolute Gasteiger partial charge is 0.226 e. The van der Waals surface area contributed by atoms with Crippen molar-refractivity contribution in [3.05, 3.63) is 33.8 Å². The molecule has 3 nitrogen and oxygen atoms in total. The van der Waals surface area contributed by atoms with E-state index in [1.54, 1.807) is 6.07 Å². The summed E-state index contributed by atoms with van der Waals surface area (Å²) in [5.41, 5.74) is 1.03. The van der Waals surface area contributed by atoms with Crippen LogP contribution in [0.25, 0.3) is 0 Å². The highest BCUT2D eigenvalue weighted by molar-refractivity contribution is 6.42. The molecule has 1 N–H and O–H groups in total. The molecule has 1 heterocycles. The molecule has 1 aliphatic heterocycles. The van der Waals surface area contributed by atoms with Crippen LogP contribution in [0.1, 0.15) is 38.7 Å². The molecule has 0 radical (unpaired) electrons. The van der Waals surface area contributed by atoms with E-state index < -0.39 is 0 Å². The van der Waals surface area contributed by atoms with Gasteiger partial charge in [-0.25, -0.2) is 0 Å². The second-order valence-corrected chi connectivity index (χ2v) is 7.53. The lowest BCUT2D eigenvalue weighted by molar-refractivity contribution is -0.137. The first-order valence-corrected chi connectivity index (χ1v) is 9.16. The molecule has 0 spiro atoms. The van der Waals surface area contributed by atoms with E-state index in [0.29, 0.717) is 22.5 Å². The third-order valence-electron chi connectivity index (χ3n) is 4.33. The Hall–Kier alpha value is -0.770. The predicted molar refractivity (Wildman–Crippen MR) is 96.9 cm³/mol. The molecule has 1 amide bonds. The normalized spacial score (nSPS) is 15.9. The Kier molecular flexibility index (Phi) is 7.19. The lowest BCUT2D eigenvalue weighted by Gasteiger charge is -2.30. The van der Waals surface area contributed by atoms with Gasteiger partial charge in [-0.2, -0.15) is 0 Å². The van der Waals surface area contributed by atoms with E-state index in [2.05, 4.69) is 19.2 Å². The lowest BCUT2D eigenvalue weighted by Crippen LogP contribution is -2.41. The van der Waals surface area contributed by atoms with E-state index >= 15 is 0 Å². The van der Waals surface area contributed by atoms with Crippen molar-refractivity contribution in [2.75, 3.05) is 19.6 Å². The summed E-state index contributed by atoms with van der Waals surface area (Å²) in [6, 6.07) is 5.61. The van der Waals surface area contributed by atoms with Crippen LogP contribution in [0.5, 0.6) is 0 Å². The minimum Gasteiger partial charge on any atom is -0.338 e. The van der Waals surface area contributed by atoms with Crippen molar-refractivity contribution in [3.8, 4) is 0 Å². The van der Waals surface area contributed by atoms with Crippen LogP contribution >= 0.6 is 23.2 Å². The summed E-state index contributed by atoms with van der Waals surface area (Å²) in [4.78, 5) is 14.9. The number of piperidine rings is 1. The number of nitrogens with zero attached hydrogens (tertiary/aromatic N) is 1. The van der Waals surface area contributed by atoms with Crippen molar-refractivity contribution < 1.29 is 4.79 Å². The van der Waals surface area contributed by atoms with Crippen molar-refractivity contribution in [1.82, 2.24) is 10.2 Å². The van der Waals surface area contributed by atoms with Crippen LogP contribution in [0, 0.1) is 11.8 Å². The van der Waals surface area contributed by atoms with Crippen LogP contribution in [0.15, 0.2) is 18.2 Å². The van der Waals surface area contributed by atoms with Crippen molar-refractivity contribution in [2.24, 2.45) is 11.8 Å². The number of amides is 1. The average molecular weight is 357 g/mol. The molecular formula is C18H26Cl2N2O. The van der Waals surface area contributed by atoms with Gasteiger partial charge in [-0.3, -0.25) is 4.79 Å². The molecule has 0 unspecified atom stereocenters. The van der Waals surface area contributed by atoms with Crippen molar-refractivity contribution in [3.63, 3.8) is 0 Å². The topological polar surface area (TPSA) is 32.3 Å². The molecule has 128 valence electrons. The third kappa shape index (κ3) is 5.66. The monoisotopic (exact) mass is 356 g/mol. The molecule has 1 fully saturated rings. The molecule has 1 aromatic rings. The molecule has 0 saturated carbocycles. The van der Waals surface area contributed by atoms with Gasteiger partial charge in [0.05, 0.1) is 10.0 Å². The molecule has 0 bridgehead atoms. The van der Waals surface area contributed by atoms with E-state index in [-0.39, 0.29) is 11.8 Å². The van der Waals surface area contributed by atoms with Gasteiger partial charge in [-0.1, -0.05) is 43.1 Å². The van der Waals surface area contributed by atoms with Gasteiger partial charge in [0.2, 0.25) is 5.91 Å². The largest absolute Gasteiger partial charge is 0.338 e. The highest BCUT2D eigenvalue weighted by atomic mass is 35.5. The van der Waals surface area contributed by atoms with Gasteiger partial charge in [-0.15, -0.1) is 0 Å². The fourth-order valence-corrected chi connectivity index (χ4v) is 3.19. The Morgan fingerprint density at radius 1 is 1.26 bits per heavy atom. The molecule has 1 aliphatic rings. The quantitative estimate of drug-likeness (QED) is 0.820. The Labute approximate surface area is 149 Å². The van der Waals surface area contributed by atoms with Crippen LogP contribution in [-0.2, 0) is 11.3 Å². The maximum Gasteiger partial charge on any atom is 0.226 e. The summed E-state index contributed by atoms with van der Waals surface area (Å²) in [6.07, 6.45) is 2.87. The zero-order chi connectivity index (χ0) is 16.8. The zero-order valence-electron chi connectivity index (χ0n) is 13.9. The highest BCUT2D eigenvalue weighted by Crippen LogP contribution is 2.24. The maximum atomic E-state index is 12.9. The standard InChI is InChI=1S/C18H26Cl2N2O/c1-13(2)7-10-22(18(23)15-5-8-21-9-6-15)12-14-3-4-16(19)17(20)11-14/h3-4,11,13,15,21H,5-10,12H2,1-2H3. The lowest BCUT2D eigenvalue weighted by atomic mass is 9.96. The molecule has 1 saturated heterocycles. The van der Waals surface area contributed by atoms with Gasteiger partial charge >= 0.3 is 0 Å². The summed E-state index contributed by atoms with van der Waals surface area (Å²) in [6.45, 7) is 7.63. The highest BCUT2D eigenvalue weighted by Gasteiger charge is 2.26. The van der Waals surface area contributed by atoms with Gasteiger partial charge in [0.1, 0.15) is 0 Å². The van der Waals surface area contributed by atoms with Crippen molar-refractivity contribution >= 4 is 29.1 Å². The second-order valence-electron chi connectivity index (χ2n) is 6.72. The van der Waals surface area contributed by atoms with Gasteiger partial charge in [0.25, 0.3) is 0 Å². The maximum absolute atomic E-state index is 12.9. The molecule has 2 rings (SSSR count). The summed E-state index contributed by atoms with van der Waals surface area (Å²) in [5, 5.41) is 4.41. The first kappa shape index (κ1) is 18.6. The molecule has 0 aliphatic carbocycles. The Bertz CT molecular complexity index is 528. The van der Waals surface area contributed by atoms with Gasteiger partial charge in [0, 0.05) is 19.0 Å². The van der Waals surface area contributed by atoms with Gasteiger partial charge in [0.15, 0.2) is 0 Å². The van der Waals surface area contributed by atoms with Gasteiger partial charge in [-0.05, 0) is 56.0 Å². The van der Waals surface area contributed by atoms with E-state index in [9.17, 15) is 4.79 Å². The number of hydrogen-bond donors (Lipinski definition) is 1. The number of carbonyl (C=O) groups is 1. The van der Waals surface area contributed by atoms with Crippen LogP contribution in [0.3, 0.4) is 0 Å². The van der Waals surface area contributed by atoms with E-state index in [1.165, 1.54) is 0 Å². The number of carbonyl (C=O) groups excluding carboxylic acids is 1. The SMILES string of the molecule is CC(C)CCN(Cc1ccc(Cl)c(Cl)c1)C(=O)C1CCNCC1. The molecule has 23 heavy (non-hydrogen) atoms. The summed E-state index contributed by atoms with van der Waals surface area (Å²) < 4.78 is 0. The average Bonchev–Trinajstić information content (AvgIpc) is 2.54. The van der Waals surface area contributed by atoms with E-state index in [4.69, 9.17) is 23.2 Å². The number of nitrogens with one attached hydrogen (secondary N) is 1. The number of rotatable bonds is 6. The summed E-state index contributed by atoms with van der Waals surface area (Å²) in [5.74, 6) is 0.997.